The van der Waals surface area contributed by atoms with E-state index in [-0.39, 0.29) is 23.1 Å². The van der Waals surface area contributed by atoms with E-state index < -0.39 is 35.4 Å². The molecule has 25 heavy (non-hydrogen) atoms. The Hall–Kier alpha value is -2.70. The molecule has 4 atom stereocenters. The van der Waals surface area contributed by atoms with Gasteiger partial charge in [-0.05, 0) is 36.5 Å². The molecule has 0 aliphatic heterocycles. The molecular weight excluding hydrogens is 327 g/mol. The average molecular weight is 346 g/mol. The third kappa shape index (κ3) is 3.01. The Kier molecular flexibility index (Phi) is 4.32. The molecule has 2 bridgehead atoms. The normalized spacial score (nSPS) is 26.5. The molecule has 1 saturated carbocycles. The first kappa shape index (κ1) is 17.1. The molecule has 1 aromatic carbocycles. The summed E-state index contributed by atoms with van der Waals surface area (Å²) >= 11 is 0. The zero-order valence-corrected chi connectivity index (χ0v) is 13.9. The van der Waals surface area contributed by atoms with Crippen molar-refractivity contribution in [1.82, 2.24) is 4.90 Å². The Labute approximate surface area is 144 Å². The summed E-state index contributed by atoms with van der Waals surface area (Å²) in [4.78, 5) is 37.4. The molecular formula is C18H19FN2O4. The second-order valence-electron chi connectivity index (χ2n) is 6.72. The second-order valence-corrected chi connectivity index (χ2v) is 6.72. The van der Waals surface area contributed by atoms with E-state index in [1.165, 1.54) is 31.1 Å². The van der Waals surface area contributed by atoms with Crippen LogP contribution in [0.4, 0.5) is 10.1 Å². The number of fused-ring (bicyclic) bond motifs is 2. The highest BCUT2D eigenvalue weighted by Crippen LogP contribution is 2.48. The van der Waals surface area contributed by atoms with Crippen LogP contribution in [0.15, 0.2) is 30.4 Å². The molecule has 0 spiro atoms. The van der Waals surface area contributed by atoms with Crippen molar-refractivity contribution in [2.45, 2.75) is 6.42 Å². The number of hydrogen-bond acceptors (Lipinski definition) is 3. The lowest BCUT2D eigenvalue weighted by atomic mass is 9.82. The Morgan fingerprint density at radius 2 is 1.80 bits per heavy atom. The third-order valence-electron chi connectivity index (χ3n) is 4.92. The smallest absolute Gasteiger partial charge is 0.307 e. The topological polar surface area (TPSA) is 86.7 Å². The maximum Gasteiger partial charge on any atom is 0.307 e. The molecule has 1 aromatic rings. The van der Waals surface area contributed by atoms with Crippen molar-refractivity contribution >= 4 is 23.5 Å². The van der Waals surface area contributed by atoms with Crippen molar-refractivity contribution in [3.63, 3.8) is 0 Å². The summed E-state index contributed by atoms with van der Waals surface area (Å²) in [6, 6.07) is 3.74. The first-order valence-corrected chi connectivity index (χ1v) is 8.02. The van der Waals surface area contributed by atoms with E-state index in [9.17, 15) is 23.9 Å². The van der Waals surface area contributed by atoms with E-state index in [0.717, 1.165) is 6.07 Å². The van der Waals surface area contributed by atoms with Crippen molar-refractivity contribution in [2.24, 2.45) is 23.7 Å². The molecule has 0 aromatic heterocycles. The number of allylic oxidation sites excluding steroid dienone is 2. The molecule has 0 heterocycles. The minimum absolute atomic E-state index is 0.102. The summed E-state index contributed by atoms with van der Waals surface area (Å²) in [7, 11) is 3.01. The zero-order chi connectivity index (χ0) is 18.3. The highest BCUT2D eigenvalue weighted by atomic mass is 19.1. The van der Waals surface area contributed by atoms with Gasteiger partial charge in [0, 0.05) is 19.8 Å². The SMILES string of the molecule is CN(C)C(=O)c1cc(NC(=O)C2C3C=CC(C3)C2C(=O)O)ccc1F. The minimum atomic E-state index is -0.986. The monoisotopic (exact) mass is 346 g/mol. The minimum Gasteiger partial charge on any atom is -0.481 e. The van der Waals surface area contributed by atoms with Gasteiger partial charge in [-0.15, -0.1) is 0 Å². The van der Waals surface area contributed by atoms with Gasteiger partial charge < -0.3 is 15.3 Å². The van der Waals surface area contributed by atoms with E-state index in [1.807, 2.05) is 12.2 Å². The van der Waals surface area contributed by atoms with Crippen LogP contribution in [0.1, 0.15) is 16.8 Å². The van der Waals surface area contributed by atoms with Gasteiger partial charge in [-0.2, -0.15) is 0 Å². The number of nitrogens with zero attached hydrogens (tertiary/aromatic N) is 1. The van der Waals surface area contributed by atoms with Crippen LogP contribution in [0.25, 0.3) is 0 Å². The van der Waals surface area contributed by atoms with E-state index in [1.54, 1.807) is 0 Å². The summed E-state index contributed by atoms with van der Waals surface area (Å²) in [5.74, 6) is -4.24. The number of aliphatic carboxylic acids is 1. The summed E-state index contributed by atoms with van der Waals surface area (Å²) < 4.78 is 13.9. The van der Waals surface area contributed by atoms with Crippen LogP contribution in [-0.2, 0) is 9.59 Å². The maximum atomic E-state index is 13.9. The van der Waals surface area contributed by atoms with Gasteiger partial charge in [0.2, 0.25) is 5.91 Å². The number of carboxylic acids is 1. The highest BCUT2D eigenvalue weighted by Gasteiger charge is 2.51. The number of carbonyl (C=O) groups excluding carboxylic acids is 2. The molecule has 3 rings (SSSR count). The largest absolute Gasteiger partial charge is 0.481 e. The van der Waals surface area contributed by atoms with E-state index in [4.69, 9.17) is 0 Å². The summed E-state index contributed by atoms with van der Waals surface area (Å²) in [5.41, 5.74) is 0.123. The van der Waals surface area contributed by atoms with Gasteiger partial charge in [-0.25, -0.2) is 4.39 Å². The Morgan fingerprint density at radius 1 is 1.16 bits per heavy atom. The Balaban J connectivity index is 1.82. The molecule has 2 aliphatic rings. The van der Waals surface area contributed by atoms with Crippen LogP contribution < -0.4 is 5.32 Å². The maximum absolute atomic E-state index is 13.9. The van der Waals surface area contributed by atoms with Gasteiger partial charge in [-0.1, -0.05) is 12.2 Å². The molecule has 2 aliphatic carbocycles. The fraction of sp³-hybridized carbons (Fsp3) is 0.389. The van der Waals surface area contributed by atoms with Crippen molar-refractivity contribution in [1.29, 1.82) is 0 Å². The molecule has 4 unspecified atom stereocenters. The molecule has 6 nitrogen and oxygen atoms in total. The molecule has 2 amide bonds. The number of nitrogens with one attached hydrogen (secondary N) is 1. The lowest BCUT2D eigenvalue weighted by Gasteiger charge is -2.24. The summed E-state index contributed by atoms with van der Waals surface area (Å²) in [5, 5.41) is 12.1. The third-order valence-corrected chi connectivity index (χ3v) is 4.92. The number of carboxylic acid groups (broad SMARTS) is 1. The predicted octanol–water partition coefficient (Wildman–Crippen LogP) is 1.99. The number of hydrogen-bond donors (Lipinski definition) is 2. The van der Waals surface area contributed by atoms with Crippen LogP contribution in [0.3, 0.4) is 0 Å². The zero-order valence-electron chi connectivity index (χ0n) is 13.9. The second kappa shape index (κ2) is 6.31. The van der Waals surface area contributed by atoms with Gasteiger partial charge >= 0.3 is 5.97 Å². The van der Waals surface area contributed by atoms with Gasteiger partial charge in [-0.3, -0.25) is 14.4 Å². The van der Waals surface area contributed by atoms with Gasteiger partial charge in [0.05, 0.1) is 17.4 Å². The van der Waals surface area contributed by atoms with E-state index in [2.05, 4.69) is 5.32 Å². The fourth-order valence-corrected chi connectivity index (χ4v) is 3.75. The lowest BCUT2D eigenvalue weighted by molar-refractivity contribution is -0.146. The molecule has 0 saturated heterocycles. The van der Waals surface area contributed by atoms with Crippen molar-refractivity contribution < 1.29 is 23.9 Å². The number of carbonyl (C=O) groups is 3. The molecule has 1 fully saturated rings. The van der Waals surface area contributed by atoms with E-state index in [0.29, 0.717) is 6.42 Å². The number of amides is 2. The van der Waals surface area contributed by atoms with Gasteiger partial charge in [0.15, 0.2) is 0 Å². The van der Waals surface area contributed by atoms with E-state index >= 15 is 0 Å². The number of rotatable bonds is 4. The van der Waals surface area contributed by atoms with Crippen LogP contribution >= 0.6 is 0 Å². The molecule has 7 heteroatoms. The quantitative estimate of drug-likeness (QED) is 0.817. The van der Waals surface area contributed by atoms with Crippen LogP contribution in [0.5, 0.6) is 0 Å². The predicted molar refractivity (Wildman–Crippen MR) is 88.4 cm³/mol. The fourth-order valence-electron chi connectivity index (χ4n) is 3.75. The van der Waals surface area contributed by atoms with Crippen molar-refractivity contribution in [2.75, 3.05) is 19.4 Å². The molecule has 132 valence electrons. The lowest BCUT2D eigenvalue weighted by Crippen LogP contribution is -2.36. The van der Waals surface area contributed by atoms with Crippen LogP contribution in [-0.4, -0.2) is 41.9 Å². The number of benzene rings is 1. The standard InChI is InChI=1S/C18H19FN2O4/c1-21(2)17(23)12-8-11(5-6-13(12)19)20-16(22)14-9-3-4-10(7-9)15(14)18(24)25/h3-6,8-10,14-15H,7H2,1-2H3,(H,20,22)(H,24,25). The average Bonchev–Trinajstić information content (AvgIpc) is 3.16. The van der Waals surface area contributed by atoms with Gasteiger partial charge in [0.25, 0.3) is 5.91 Å². The Morgan fingerprint density at radius 3 is 2.40 bits per heavy atom. The van der Waals surface area contributed by atoms with Crippen molar-refractivity contribution in [3.8, 4) is 0 Å². The molecule has 2 N–H and O–H groups in total. The first-order chi connectivity index (χ1) is 11.8. The summed E-state index contributed by atoms with van der Waals surface area (Å²) in [6.07, 6.45) is 4.40. The first-order valence-electron chi connectivity index (χ1n) is 8.02. The number of anilines is 1. The van der Waals surface area contributed by atoms with Crippen LogP contribution in [0, 0.1) is 29.5 Å². The van der Waals surface area contributed by atoms with Crippen LogP contribution in [0.2, 0.25) is 0 Å². The summed E-state index contributed by atoms with van der Waals surface area (Å²) in [6.45, 7) is 0. The Bertz CT molecular complexity index is 774. The number of halogens is 1. The van der Waals surface area contributed by atoms with Gasteiger partial charge in [0.1, 0.15) is 5.82 Å². The van der Waals surface area contributed by atoms with Crippen molar-refractivity contribution in [3.05, 3.63) is 41.7 Å². The molecule has 0 radical (unpaired) electrons. The highest BCUT2D eigenvalue weighted by molar-refractivity contribution is 5.99.